The number of anilines is 1. The molecule has 0 unspecified atom stereocenters. The number of hydrogen-bond acceptors (Lipinski definition) is 2. The van der Waals surface area contributed by atoms with Gasteiger partial charge in [0.25, 0.3) is 5.91 Å². The van der Waals surface area contributed by atoms with Crippen LogP contribution in [-0.4, -0.2) is 11.4 Å². The highest BCUT2D eigenvalue weighted by atomic mass is 79.9. The number of halogens is 5. The number of thioether (sulfide) groups is 1. The van der Waals surface area contributed by atoms with Crippen molar-refractivity contribution in [2.75, 3.05) is 5.32 Å². The maximum atomic E-state index is 13.0. The van der Waals surface area contributed by atoms with Crippen molar-refractivity contribution in [1.82, 2.24) is 0 Å². The molecule has 22 heavy (non-hydrogen) atoms. The number of hydrogen-bond donors (Lipinski definition) is 1. The van der Waals surface area contributed by atoms with Gasteiger partial charge in [-0.25, -0.2) is 4.39 Å². The summed E-state index contributed by atoms with van der Waals surface area (Å²) in [6.07, 6.45) is 0. The molecule has 0 aliphatic heterocycles. The second kappa shape index (κ2) is 6.70. The minimum absolute atomic E-state index is 0.00740. The number of amides is 1. The van der Waals surface area contributed by atoms with Crippen LogP contribution in [0.5, 0.6) is 0 Å². The summed E-state index contributed by atoms with van der Waals surface area (Å²) in [5.41, 5.74) is -3.81. The molecule has 0 spiro atoms. The first kappa shape index (κ1) is 16.8. The molecule has 116 valence electrons. The van der Waals surface area contributed by atoms with E-state index in [1.54, 1.807) is 0 Å². The molecule has 1 amide bonds. The lowest BCUT2D eigenvalue weighted by Crippen LogP contribution is -2.12. The summed E-state index contributed by atoms with van der Waals surface area (Å²) in [6, 6.07) is 8.77. The molecule has 0 aliphatic rings. The number of carbonyl (C=O) groups is 1. The molecule has 0 radical (unpaired) electrons. The van der Waals surface area contributed by atoms with Crippen molar-refractivity contribution in [3.8, 4) is 0 Å². The quantitative estimate of drug-likeness (QED) is 0.554. The summed E-state index contributed by atoms with van der Waals surface area (Å²) in [7, 11) is 0. The van der Waals surface area contributed by atoms with Gasteiger partial charge >= 0.3 is 5.51 Å². The van der Waals surface area contributed by atoms with Gasteiger partial charge in [0.1, 0.15) is 5.82 Å². The Morgan fingerprint density at radius 2 is 1.73 bits per heavy atom. The molecule has 8 heteroatoms. The SMILES string of the molecule is O=C(Nc1ccc(F)cc1Br)c1ccc(SC(F)(F)F)cc1. The van der Waals surface area contributed by atoms with Gasteiger partial charge in [-0.1, -0.05) is 0 Å². The summed E-state index contributed by atoms with van der Waals surface area (Å²) in [5, 5.41) is 2.54. The van der Waals surface area contributed by atoms with Gasteiger partial charge in [0.05, 0.1) is 5.69 Å². The van der Waals surface area contributed by atoms with E-state index >= 15 is 0 Å². The molecule has 0 saturated carbocycles. The molecule has 0 atom stereocenters. The maximum absolute atomic E-state index is 13.0. The minimum atomic E-state index is -4.37. The molecule has 0 aliphatic carbocycles. The topological polar surface area (TPSA) is 29.1 Å². The first-order valence-electron chi connectivity index (χ1n) is 5.87. The summed E-state index contributed by atoms with van der Waals surface area (Å²) in [6.45, 7) is 0. The van der Waals surface area contributed by atoms with Crippen LogP contribution in [-0.2, 0) is 0 Å². The van der Waals surface area contributed by atoms with Gasteiger partial charge in [0, 0.05) is 14.9 Å². The van der Waals surface area contributed by atoms with Crippen LogP contribution in [0, 0.1) is 5.82 Å². The molecule has 2 nitrogen and oxygen atoms in total. The summed E-state index contributed by atoms with van der Waals surface area (Å²) in [5.74, 6) is -0.964. The predicted octanol–water partition coefficient (Wildman–Crippen LogP) is 5.45. The van der Waals surface area contributed by atoms with E-state index in [0.717, 1.165) is 0 Å². The van der Waals surface area contributed by atoms with Crippen LogP contribution in [0.15, 0.2) is 51.8 Å². The number of rotatable bonds is 3. The summed E-state index contributed by atoms with van der Waals surface area (Å²) >= 11 is 2.86. The van der Waals surface area contributed by atoms with Crippen LogP contribution in [0.1, 0.15) is 10.4 Å². The van der Waals surface area contributed by atoms with E-state index in [4.69, 9.17) is 0 Å². The van der Waals surface area contributed by atoms with E-state index in [1.165, 1.54) is 42.5 Å². The van der Waals surface area contributed by atoms with Crippen molar-refractivity contribution in [2.45, 2.75) is 10.4 Å². The zero-order valence-corrected chi connectivity index (χ0v) is 13.2. The zero-order chi connectivity index (χ0) is 16.3. The van der Waals surface area contributed by atoms with Crippen LogP contribution in [0.25, 0.3) is 0 Å². The Balaban J connectivity index is 2.10. The highest BCUT2D eigenvalue weighted by molar-refractivity contribution is 9.10. The predicted molar refractivity (Wildman–Crippen MR) is 80.4 cm³/mol. The smallest absolute Gasteiger partial charge is 0.321 e. The fourth-order valence-corrected chi connectivity index (χ4v) is 2.58. The van der Waals surface area contributed by atoms with Gasteiger partial charge in [0.15, 0.2) is 0 Å². The van der Waals surface area contributed by atoms with Crippen molar-refractivity contribution in [3.63, 3.8) is 0 Å². The molecular formula is C14H8BrF4NOS. The van der Waals surface area contributed by atoms with Gasteiger partial charge in [0.2, 0.25) is 0 Å². The molecular weight excluding hydrogens is 386 g/mol. The highest BCUT2D eigenvalue weighted by Gasteiger charge is 2.29. The van der Waals surface area contributed by atoms with Crippen LogP contribution >= 0.6 is 27.7 Å². The number of carbonyl (C=O) groups excluding carboxylic acids is 1. The van der Waals surface area contributed by atoms with Gasteiger partial charge < -0.3 is 5.32 Å². The molecule has 2 rings (SSSR count). The Labute approximate surface area is 136 Å². The van der Waals surface area contributed by atoms with E-state index in [9.17, 15) is 22.4 Å². The third-order valence-electron chi connectivity index (χ3n) is 2.53. The molecule has 2 aromatic carbocycles. The van der Waals surface area contributed by atoms with E-state index in [-0.39, 0.29) is 22.2 Å². The van der Waals surface area contributed by atoms with E-state index in [0.29, 0.717) is 10.2 Å². The molecule has 0 aromatic heterocycles. The Kier molecular flexibility index (Phi) is 5.12. The second-order valence-electron chi connectivity index (χ2n) is 4.15. The first-order valence-corrected chi connectivity index (χ1v) is 7.48. The van der Waals surface area contributed by atoms with Crippen LogP contribution in [0.2, 0.25) is 0 Å². The molecule has 0 saturated heterocycles. The lowest BCUT2D eigenvalue weighted by atomic mass is 10.2. The number of nitrogens with one attached hydrogen (secondary N) is 1. The monoisotopic (exact) mass is 393 g/mol. The third kappa shape index (κ3) is 4.74. The van der Waals surface area contributed by atoms with Crippen molar-refractivity contribution < 1.29 is 22.4 Å². The lowest BCUT2D eigenvalue weighted by Gasteiger charge is -2.09. The highest BCUT2D eigenvalue weighted by Crippen LogP contribution is 2.36. The van der Waals surface area contributed by atoms with Crippen LogP contribution in [0.3, 0.4) is 0 Å². The van der Waals surface area contributed by atoms with Gasteiger partial charge in [-0.3, -0.25) is 4.79 Å². The minimum Gasteiger partial charge on any atom is -0.321 e. The summed E-state index contributed by atoms with van der Waals surface area (Å²) in [4.78, 5) is 12.0. The lowest BCUT2D eigenvalue weighted by molar-refractivity contribution is -0.0328. The van der Waals surface area contributed by atoms with Gasteiger partial charge in [-0.05, 0) is 70.2 Å². The molecule has 2 aromatic rings. The standard InChI is InChI=1S/C14H8BrF4NOS/c15-11-7-9(16)3-6-12(11)20-13(21)8-1-4-10(5-2-8)22-14(17,18)19/h1-7H,(H,20,21). The van der Waals surface area contributed by atoms with Crippen LogP contribution < -0.4 is 5.32 Å². The average Bonchev–Trinajstić information content (AvgIpc) is 2.41. The first-order chi connectivity index (χ1) is 10.2. The Morgan fingerprint density at radius 1 is 1.09 bits per heavy atom. The van der Waals surface area contributed by atoms with Crippen molar-refractivity contribution in [2.24, 2.45) is 0 Å². The number of alkyl halides is 3. The Bertz CT molecular complexity index is 688. The van der Waals surface area contributed by atoms with E-state index < -0.39 is 17.2 Å². The Morgan fingerprint density at radius 3 is 2.27 bits per heavy atom. The van der Waals surface area contributed by atoms with Crippen molar-refractivity contribution in [3.05, 3.63) is 58.3 Å². The summed E-state index contributed by atoms with van der Waals surface area (Å²) < 4.78 is 50.0. The largest absolute Gasteiger partial charge is 0.446 e. The maximum Gasteiger partial charge on any atom is 0.446 e. The number of benzene rings is 2. The fraction of sp³-hybridized carbons (Fsp3) is 0.0714. The molecule has 0 bridgehead atoms. The Hall–Kier alpha value is -1.54. The normalized spacial score (nSPS) is 11.3. The van der Waals surface area contributed by atoms with Crippen molar-refractivity contribution >= 4 is 39.3 Å². The molecule has 1 N–H and O–H groups in total. The second-order valence-corrected chi connectivity index (χ2v) is 6.14. The average molecular weight is 394 g/mol. The molecule has 0 heterocycles. The molecule has 0 fully saturated rings. The zero-order valence-electron chi connectivity index (χ0n) is 10.7. The van der Waals surface area contributed by atoms with Gasteiger partial charge in [-0.2, -0.15) is 13.2 Å². The van der Waals surface area contributed by atoms with Crippen molar-refractivity contribution in [1.29, 1.82) is 0 Å². The third-order valence-corrected chi connectivity index (χ3v) is 3.92. The van der Waals surface area contributed by atoms with Crippen LogP contribution in [0.4, 0.5) is 23.2 Å². The van der Waals surface area contributed by atoms with E-state index in [2.05, 4.69) is 21.2 Å². The fourth-order valence-electron chi connectivity index (χ4n) is 1.59. The van der Waals surface area contributed by atoms with E-state index in [1.807, 2.05) is 0 Å². The van der Waals surface area contributed by atoms with Gasteiger partial charge in [-0.15, -0.1) is 0 Å².